The van der Waals surface area contributed by atoms with Crippen molar-refractivity contribution in [1.29, 1.82) is 0 Å². The second-order valence-electron chi connectivity index (χ2n) is 5.91. The first-order valence-corrected chi connectivity index (χ1v) is 6.68. The van der Waals surface area contributed by atoms with Gasteiger partial charge in [-0.05, 0) is 39.0 Å². The number of amides is 1. The zero-order chi connectivity index (χ0) is 17.1. The third kappa shape index (κ3) is 3.95. The van der Waals surface area contributed by atoms with Crippen LogP contribution in [0.25, 0.3) is 0 Å². The fourth-order valence-corrected chi connectivity index (χ4v) is 2.34. The maximum absolute atomic E-state index is 13.8. The predicted molar refractivity (Wildman–Crippen MR) is 78.2 cm³/mol. The number of carbonyl (C=O) groups is 1. The van der Waals surface area contributed by atoms with Gasteiger partial charge in [-0.15, -0.1) is 12.3 Å². The van der Waals surface area contributed by atoms with Crippen molar-refractivity contribution in [2.24, 2.45) is 0 Å². The van der Waals surface area contributed by atoms with E-state index in [-0.39, 0.29) is 12.0 Å². The lowest BCUT2D eigenvalue weighted by Gasteiger charge is -2.41. The molecule has 4 nitrogen and oxygen atoms in total. The van der Waals surface area contributed by atoms with E-state index in [1.165, 1.54) is 0 Å². The summed E-state index contributed by atoms with van der Waals surface area (Å²) in [5.74, 6) is 0.726. The third-order valence-corrected chi connectivity index (χ3v) is 3.23. The van der Waals surface area contributed by atoms with E-state index in [9.17, 15) is 23.8 Å². The van der Waals surface area contributed by atoms with Crippen LogP contribution in [0.5, 0.6) is 0 Å². The van der Waals surface area contributed by atoms with Crippen LogP contribution in [0.2, 0.25) is 0 Å². The quantitative estimate of drug-likeness (QED) is 0.840. The Morgan fingerprint density at radius 1 is 1.41 bits per heavy atom. The molecule has 1 amide bonds. The van der Waals surface area contributed by atoms with Crippen molar-refractivity contribution in [2.45, 2.75) is 44.9 Å². The van der Waals surface area contributed by atoms with E-state index in [1.54, 1.807) is 20.8 Å². The van der Waals surface area contributed by atoms with Gasteiger partial charge < -0.3 is 10.2 Å². The maximum Gasteiger partial charge on any atom is 0.408 e. The van der Waals surface area contributed by atoms with Crippen LogP contribution in [0.3, 0.4) is 0 Å². The first-order chi connectivity index (χ1) is 10.1. The second kappa shape index (κ2) is 6.75. The summed E-state index contributed by atoms with van der Waals surface area (Å²) in [6.45, 7) is 4.87. The number of hydrogen-bond acceptors (Lipinski definition) is 2. The molecule has 0 aliphatic heterocycles. The van der Waals surface area contributed by atoms with Gasteiger partial charge in [-0.3, -0.25) is 4.90 Å². The zero-order valence-electron chi connectivity index (χ0n) is 12.7. The Morgan fingerprint density at radius 3 is 2.45 bits per heavy atom. The van der Waals surface area contributed by atoms with E-state index < -0.39 is 35.4 Å². The molecule has 1 aromatic rings. The van der Waals surface area contributed by atoms with Gasteiger partial charge in [0.1, 0.15) is 17.7 Å². The largest absolute Gasteiger partial charge is 0.465 e. The Labute approximate surface area is 128 Å². The molecule has 0 heterocycles. The van der Waals surface area contributed by atoms with Crippen LogP contribution < -0.4 is 0 Å². The van der Waals surface area contributed by atoms with Crippen LogP contribution in [0, 0.1) is 24.0 Å². The monoisotopic (exact) mass is 311 g/mol. The minimum atomic E-state index is -1.58. The summed E-state index contributed by atoms with van der Waals surface area (Å²) in [5.41, 5.74) is -1.20. The number of terminal acetylenes is 1. The average Bonchev–Trinajstić information content (AvgIpc) is 2.38. The number of carboxylic acid groups (broad SMARTS) is 1. The van der Waals surface area contributed by atoms with E-state index in [1.807, 2.05) is 0 Å². The van der Waals surface area contributed by atoms with Crippen LogP contribution in [0.1, 0.15) is 38.9 Å². The number of benzene rings is 1. The lowest BCUT2D eigenvalue weighted by molar-refractivity contribution is 0.00695. The van der Waals surface area contributed by atoms with Gasteiger partial charge in [0, 0.05) is 17.5 Å². The highest BCUT2D eigenvalue weighted by atomic mass is 19.1. The summed E-state index contributed by atoms with van der Waals surface area (Å²) >= 11 is 0. The summed E-state index contributed by atoms with van der Waals surface area (Å²) in [6, 6.07) is 1.54. The molecule has 0 radical (unpaired) electrons. The highest BCUT2D eigenvalue weighted by molar-refractivity contribution is 5.66. The molecule has 2 N–H and O–H groups in total. The Bertz CT molecular complexity index is 590. The van der Waals surface area contributed by atoms with Gasteiger partial charge >= 0.3 is 6.09 Å². The molecule has 1 rings (SSSR count). The van der Waals surface area contributed by atoms with Crippen molar-refractivity contribution in [3.63, 3.8) is 0 Å². The van der Waals surface area contributed by atoms with Gasteiger partial charge in [0.05, 0.1) is 6.04 Å². The van der Waals surface area contributed by atoms with Gasteiger partial charge in [0.15, 0.2) is 0 Å². The number of aliphatic hydroxyl groups excluding tert-OH is 1. The first kappa shape index (κ1) is 17.9. The van der Waals surface area contributed by atoms with Crippen molar-refractivity contribution >= 4 is 6.09 Å². The number of hydrogen-bond donors (Lipinski definition) is 2. The molecule has 0 bridgehead atoms. The van der Waals surface area contributed by atoms with Crippen molar-refractivity contribution in [3.8, 4) is 12.3 Å². The van der Waals surface area contributed by atoms with Crippen LogP contribution in [0.4, 0.5) is 13.6 Å². The number of nitrogens with zero attached hydrogens (tertiary/aromatic N) is 1. The smallest absolute Gasteiger partial charge is 0.408 e. The molecule has 6 heteroatoms. The van der Waals surface area contributed by atoms with Crippen LogP contribution >= 0.6 is 0 Å². The third-order valence-electron chi connectivity index (χ3n) is 3.23. The lowest BCUT2D eigenvalue weighted by atomic mass is 9.94. The normalized spacial score (nSPS) is 14.0. The van der Waals surface area contributed by atoms with Gasteiger partial charge in [-0.1, -0.05) is 0 Å². The summed E-state index contributed by atoms with van der Waals surface area (Å²) < 4.78 is 27.1. The predicted octanol–water partition coefficient (Wildman–Crippen LogP) is 3.17. The average molecular weight is 311 g/mol. The van der Waals surface area contributed by atoms with E-state index in [4.69, 9.17) is 6.42 Å². The van der Waals surface area contributed by atoms with Crippen molar-refractivity contribution in [3.05, 3.63) is 35.4 Å². The van der Waals surface area contributed by atoms with Crippen LogP contribution in [-0.2, 0) is 0 Å². The molecule has 0 saturated heterocycles. The van der Waals surface area contributed by atoms with Crippen LogP contribution in [-0.4, -0.2) is 32.8 Å². The molecule has 0 aliphatic carbocycles. The molecule has 0 unspecified atom stereocenters. The highest BCUT2D eigenvalue weighted by Crippen LogP contribution is 2.30. The molecule has 0 aromatic heterocycles. The standard InChI is InChI=1S/C16H19F2NO3/c1-5-6-13(19(15(21)22)16(2,3)4)14(20)11-9-10(17)7-8-12(11)18/h1,7-9,13-14,20H,6H2,2-4H3,(H,21,22)/t13-,14+/m0/s1. The summed E-state index contributed by atoms with van der Waals surface area (Å²) in [4.78, 5) is 12.5. The topological polar surface area (TPSA) is 60.8 Å². The van der Waals surface area contributed by atoms with Crippen molar-refractivity contribution < 1.29 is 23.8 Å². The minimum absolute atomic E-state index is 0.138. The van der Waals surface area contributed by atoms with E-state index in [0.29, 0.717) is 0 Å². The fourth-order valence-electron chi connectivity index (χ4n) is 2.34. The van der Waals surface area contributed by atoms with Crippen molar-refractivity contribution in [2.75, 3.05) is 0 Å². The Hall–Kier alpha value is -2.13. The van der Waals surface area contributed by atoms with Gasteiger partial charge in [-0.2, -0.15) is 0 Å². The Balaban J connectivity index is 3.32. The molecule has 120 valence electrons. The fraction of sp³-hybridized carbons (Fsp3) is 0.438. The van der Waals surface area contributed by atoms with Gasteiger partial charge in [-0.25, -0.2) is 13.6 Å². The van der Waals surface area contributed by atoms with Crippen LogP contribution in [0.15, 0.2) is 18.2 Å². The molecule has 2 atom stereocenters. The SMILES string of the molecule is C#CC[C@@H]([C@H](O)c1cc(F)ccc1F)N(C(=O)O)C(C)(C)C. The molecule has 0 saturated carbocycles. The summed E-state index contributed by atoms with van der Waals surface area (Å²) in [6.07, 6.45) is 2.22. The van der Waals surface area contributed by atoms with E-state index >= 15 is 0 Å². The van der Waals surface area contributed by atoms with E-state index in [0.717, 1.165) is 23.1 Å². The van der Waals surface area contributed by atoms with Gasteiger partial charge in [0.2, 0.25) is 0 Å². The van der Waals surface area contributed by atoms with E-state index in [2.05, 4.69) is 5.92 Å². The number of aliphatic hydroxyl groups is 1. The zero-order valence-corrected chi connectivity index (χ0v) is 12.7. The second-order valence-corrected chi connectivity index (χ2v) is 5.91. The molecule has 1 aromatic carbocycles. The van der Waals surface area contributed by atoms with Gasteiger partial charge in [0.25, 0.3) is 0 Å². The lowest BCUT2D eigenvalue weighted by Crippen LogP contribution is -2.53. The summed E-state index contributed by atoms with van der Waals surface area (Å²) in [7, 11) is 0. The number of halogens is 2. The molecular weight excluding hydrogens is 292 g/mol. The molecule has 22 heavy (non-hydrogen) atoms. The maximum atomic E-state index is 13.8. The number of rotatable bonds is 4. The van der Waals surface area contributed by atoms with Crippen molar-refractivity contribution in [1.82, 2.24) is 4.90 Å². The first-order valence-electron chi connectivity index (χ1n) is 6.68. The molecule has 0 aliphatic rings. The summed E-state index contributed by atoms with van der Waals surface area (Å²) in [5, 5.41) is 19.8. The molecular formula is C16H19F2NO3. The highest BCUT2D eigenvalue weighted by Gasteiger charge is 2.38. The molecule has 0 fully saturated rings. The Kier molecular flexibility index (Phi) is 5.50. The minimum Gasteiger partial charge on any atom is -0.465 e. The Morgan fingerprint density at radius 2 is 2.00 bits per heavy atom. The molecule has 0 spiro atoms.